The molecule has 0 fully saturated rings. The Morgan fingerprint density at radius 3 is 2.75 bits per heavy atom. The average molecular weight is 267 g/mol. The normalized spacial score (nSPS) is 12.6. The van der Waals surface area contributed by atoms with Gasteiger partial charge >= 0.3 is 0 Å². The average Bonchev–Trinajstić information content (AvgIpc) is 2.45. The third-order valence-corrected chi connectivity index (χ3v) is 3.35. The summed E-state index contributed by atoms with van der Waals surface area (Å²) in [7, 11) is 0. The number of halogens is 1. The summed E-state index contributed by atoms with van der Waals surface area (Å²) in [4.78, 5) is 4.27. The molecule has 100 valence electrons. The van der Waals surface area contributed by atoms with Crippen molar-refractivity contribution in [1.82, 2.24) is 4.98 Å². The number of aryl methyl sites for hydroxylation is 1. The molecule has 0 aliphatic carbocycles. The molecular formula is C17H14FNO. The molecule has 3 heteroatoms. The van der Waals surface area contributed by atoms with Crippen molar-refractivity contribution in [1.29, 1.82) is 0 Å². The van der Waals surface area contributed by atoms with E-state index in [0.29, 0.717) is 5.56 Å². The molecule has 3 aromatic rings. The smallest absolute Gasteiger partial charge is 0.123 e. The van der Waals surface area contributed by atoms with Crippen molar-refractivity contribution in [3.8, 4) is 0 Å². The van der Waals surface area contributed by atoms with E-state index in [4.69, 9.17) is 0 Å². The first-order valence-corrected chi connectivity index (χ1v) is 6.44. The Bertz CT molecular complexity index is 744. The Labute approximate surface area is 116 Å². The van der Waals surface area contributed by atoms with Gasteiger partial charge in [-0.05, 0) is 47.9 Å². The van der Waals surface area contributed by atoms with Crippen molar-refractivity contribution >= 4 is 10.9 Å². The second kappa shape index (κ2) is 5.02. The van der Waals surface area contributed by atoms with Gasteiger partial charge in [-0.2, -0.15) is 0 Å². The van der Waals surface area contributed by atoms with Gasteiger partial charge in [0.1, 0.15) is 11.9 Å². The maximum atomic E-state index is 13.5. The molecule has 0 aliphatic heterocycles. The van der Waals surface area contributed by atoms with Crippen LogP contribution in [0.1, 0.15) is 22.8 Å². The van der Waals surface area contributed by atoms with Gasteiger partial charge in [0.25, 0.3) is 0 Å². The zero-order valence-corrected chi connectivity index (χ0v) is 11.0. The van der Waals surface area contributed by atoms with E-state index in [2.05, 4.69) is 4.98 Å². The molecule has 0 saturated heterocycles. The second-order valence-corrected chi connectivity index (χ2v) is 4.88. The quantitative estimate of drug-likeness (QED) is 0.766. The highest BCUT2D eigenvalue weighted by Crippen LogP contribution is 2.28. The lowest BCUT2D eigenvalue weighted by Gasteiger charge is -2.14. The van der Waals surface area contributed by atoms with Gasteiger partial charge in [-0.3, -0.25) is 4.98 Å². The van der Waals surface area contributed by atoms with Crippen LogP contribution in [-0.2, 0) is 0 Å². The Balaban J connectivity index is 2.15. The van der Waals surface area contributed by atoms with Crippen LogP contribution in [0.15, 0.2) is 54.7 Å². The van der Waals surface area contributed by atoms with Crippen LogP contribution in [0.4, 0.5) is 4.39 Å². The number of fused-ring (bicyclic) bond motifs is 1. The van der Waals surface area contributed by atoms with E-state index in [1.165, 1.54) is 12.1 Å². The van der Waals surface area contributed by atoms with Crippen molar-refractivity contribution in [2.24, 2.45) is 0 Å². The molecule has 1 aromatic heterocycles. The summed E-state index contributed by atoms with van der Waals surface area (Å²) in [6, 6.07) is 13.9. The van der Waals surface area contributed by atoms with E-state index in [9.17, 15) is 9.50 Å². The topological polar surface area (TPSA) is 33.1 Å². The number of aliphatic hydroxyl groups excluding tert-OH is 1. The fourth-order valence-corrected chi connectivity index (χ4v) is 2.47. The lowest BCUT2D eigenvalue weighted by molar-refractivity contribution is 0.221. The summed E-state index contributed by atoms with van der Waals surface area (Å²) in [5.74, 6) is -0.336. The highest BCUT2D eigenvalue weighted by Gasteiger charge is 2.14. The van der Waals surface area contributed by atoms with Gasteiger partial charge < -0.3 is 5.11 Å². The molecule has 0 aliphatic rings. The van der Waals surface area contributed by atoms with Crippen LogP contribution < -0.4 is 0 Å². The Kier molecular flexibility index (Phi) is 3.20. The molecule has 20 heavy (non-hydrogen) atoms. The first-order valence-electron chi connectivity index (χ1n) is 6.44. The number of rotatable bonds is 2. The minimum absolute atomic E-state index is 0.336. The van der Waals surface area contributed by atoms with Crippen LogP contribution in [0.2, 0.25) is 0 Å². The van der Waals surface area contributed by atoms with Crippen molar-refractivity contribution in [3.05, 3.63) is 77.2 Å². The molecule has 0 bridgehead atoms. The molecule has 0 radical (unpaired) electrons. The fourth-order valence-electron chi connectivity index (χ4n) is 2.47. The number of aromatic nitrogens is 1. The third-order valence-electron chi connectivity index (χ3n) is 3.35. The number of aliphatic hydroxyl groups is 1. The molecule has 2 aromatic carbocycles. The van der Waals surface area contributed by atoms with E-state index in [1.54, 1.807) is 12.3 Å². The first kappa shape index (κ1) is 12.8. The zero-order valence-electron chi connectivity index (χ0n) is 11.0. The lowest BCUT2D eigenvalue weighted by Crippen LogP contribution is -2.02. The molecule has 1 atom stereocenters. The summed E-state index contributed by atoms with van der Waals surface area (Å²) < 4.78 is 13.5. The lowest BCUT2D eigenvalue weighted by atomic mass is 9.96. The van der Waals surface area contributed by atoms with Crippen LogP contribution in [0.5, 0.6) is 0 Å². The minimum atomic E-state index is -0.864. The molecule has 2 nitrogen and oxygen atoms in total. The molecule has 1 N–H and O–H groups in total. The van der Waals surface area contributed by atoms with E-state index in [0.717, 1.165) is 22.0 Å². The van der Waals surface area contributed by atoms with Crippen molar-refractivity contribution in [2.45, 2.75) is 13.0 Å². The predicted molar refractivity (Wildman–Crippen MR) is 76.9 cm³/mol. The second-order valence-electron chi connectivity index (χ2n) is 4.88. The number of hydrogen-bond acceptors (Lipinski definition) is 2. The summed E-state index contributed by atoms with van der Waals surface area (Å²) in [5.41, 5.74) is 2.90. The van der Waals surface area contributed by atoms with Crippen LogP contribution in [0.3, 0.4) is 0 Å². The summed E-state index contributed by atoms with van der Waals surface area (Å²) in [5, 5.41) is 11.4. The van der Waals surface area contributed by atoms with Crippen molar-refractivity contribution in [2.75, 3.05) is 0 Å². The first-order chi connectivity index (χ1) is 9.65. The summed E-state index contributed by atoms with van der Waals surface area (Å²) in [6.45, 7) is 1.81. The Hall–Kier alpha value is -2.26. The van der Waals surface area contributed by atoms with Gasteiger partial charge in [-0.25, -0.2) is 4.39 Å². The number of nitrogens with zero attached hydrogens (tertiary/aromatic N) is 1. The molecule has 1 heterocycles. The number of benzene rings is 2. The fraction of sp³-hybridized carbons (Fsp3) is 0.118. The largest absolute Gasteiger partial charge is 0.384 e. The highest BCUT2D eigenvalue weighted by molar-refractivity contribution is 5.82. The molecule has 0 spiro atoms. The number of hydrogen-bond donors (Lipinski definition) is 1. The Morgan fingerprint density at radius 2 is 1.95 bits per heavy atom. The molecular weight excluding hydrogens is 253 g/mol. The maximum Gasteiger partial charge on any atom is 0.123 e. The van der Waals surface area contributed by atoms with Gasteiger partial charge in [0.2, 0.25) is 0 Å². The number of pyridine rings is 1. The molecule has 0 amide bonds. The van der Waals surface area contributed by atoms with Crippen LogP contribution in [0, 0.1) is 12.7 Å². The van der Waals surface area contributed by atoms with Gasteiger partial charge in [-0.1, -0.05) is 24.3 Å². The zero-order chi connectivity index (χ0) is 14.1. The maximum absolute atomic E-state index is 13.5. The van der Waals surface area contributed by atoms with E-state index >= 15 is 0 Å². The van der Waals surface area contributed by atoms with Gasteiger partial charge in [0.05, 0.1) is 5.52 Å². The van der Waals surface area contributed by atoms with Gasteiger partial charge in [0, 0.05) is 11.6 Å². The van der Waals surface area contributed by atoms with Crippen LogP contribution in [-0.4, -0.2) is 10.1 Å². The monoisotopic (exact) mass is 267 g/mol. The molecule has 1 unspecified atom stereocenters. The van der Waals surface area contributed by atoms with Gasteiger partial charge in [0.15, 0.2) is 0 Å². The summed E-state index contributed by atoms with van der Waals surface area (Å²) >= 11 is 0. The van der Waals surface area contributed by atoms with E-state index in [-0.39, 0.29) is 5.82 Å². The third kappa shape index (κ3) is 2.28. The predicted octanol–water partition coefficient (Wildman–Crippen LogP) is 3.76. The van der Waals surface area contributed by atoms with Crippen molar-refractivity contribution in [3.63, 3.8) is 0 Å². The Morgan fingerprint density at radius 1 is 1.10 bits per heavy atom. The molecule has 3 rings (SSSR count). The van der Waals surface area contributed by atoms with Crippen LogP contribution in [0.25, 0.3) is 10.9 Å². The van der Waals surface area contributed by atoms with E-state index in [1.807, 2.05) is 37.3 Å². The van der Waals surface area contributed by atoms with E-state index < -0.39 is 6.10 Å². The van der Waals surface area contributed by atoms with Crippen LogP contribution >= 0.6 is 0 Å². The molecule has 0 saturated carbocycles. The highest BCUT2D eigenvalue weighted by atomic mass is 19.1. The standard InChI is InChI=1S/C17H14FNO/c1-11-8-12(10-13(18)9-11)17(20)15-4-2-6-16-14(15)5-3-7-19-16/h2-10,17,20H,1H3. The van der Waals surface area contributed by atoms with Crippen molar-refractivity contribution < 1.29 is 9.50 Å². The minimum Gasteiger partial charge on any atom is -0.384 e. The summed E-state index contributed by atoms with van der Waals surface area (Å²) in [6.07, 6.45) is 0.850. The SMILES string of the molecule is Cc1cc(F)cc(C(O)c2cccc3ncccc23)c1. The van der Waals surface area contributed by atoms with Gasteiger partial charge in [-0.15, -0.1) is 0 Å².